The molecule has 0 fully saturated rings. The molecule has 108 valence electrons. The van der Waals surface area contributed by atoms with Crippen LogP contribution in [-0.4, -0.2) is 27.5 Å². The minimum Gasteiger partial charge on any atom is -0.480 e. The first kappa shape index (κ1) is 14.2. The van der Waals surface area contributed by atoms with Crippen molar-refractivity contribution in [3.63, 3.8) is 0 Å². The van der Waals surface area contributed by atoms with Crippen LogP contribution in [0.2, 0.25) is 0 Å². The molecule has 0 spiro atoms. The molecule has 1 aliphatic heterocycles. The third-order valence-electron chi connectivity index (χ3n) is 3.76. The standard InChI is InChI=1S/C16H15BrN2O2/c17-13-7-11(8-18-9-13)10-19-6-5-12-3-1-2-4-14(12)15(19)16(20)21/h1-4,7-9,15H,5-6,10H2,(H,20,21). The van der Waals surface area contributed by atoms with Gasteiger partial charge in [0.25, 0.3) is 0 Å². The van der Waals surface area contributed by atoms with Gasteiger partial charge in [0, 0.05) is 30.0 Å². The number of aliphatic carboxylic acids is 1. The number of carboxylic acid groups (broad SMARTS) is 1. The van der Waals surface area contributed by atoms with Crippen LogP contribution in [0.25, 0.3) is 0 Å². The summed E-state index contributed by atoms with van der Waals surface area (Å²) in [5.41, 5.74) is 3.04. The summed E-state index contributed by atoms with van der Waals surface area (Å²) in [4.78, 5) is 17.9. The van der Waals surface area contributed by atoms with E-state index in [4.69, 9.17) is 0 Å². The van der Waals surface area contributed by atoms with Gasteiger partial charge in [-0.05, 0) is 45.1 Å². The lowest BCUT2D eigenvalue weighted by Gasteiger charge is -2.34. The molecule has 0 amide bonds. The van der Waals surface area contributed by atoms with Gasteiger partial charge in [0.1, 0.15) is 6.04 Å². The zero-order valence-electron chi connectivity index (χ0n) is 11.4. The molecule has 1 N–H and O–H groups in total. The van der Waals surface area contributed by atoms with E-state index in [9.17, 15) is 9.90 Å². The Hall–Kier alpha value is -1.72. The molecule has 1 atom stereocenters. The summed E-state index contributed by atoms with van der Waals surface area (Å²) in [7, 11) is 0. The fourth-order valence-corrected chi connectivity index (χ4v) is 3.27. The number of fused-ring (bicyclic) bond motifs is 1. The van der Waals surface area contributed by atoms with Gasteiger partial charge >= 0.3 is 5.97 Å². The summed E-state index contributed by atoms with van der Waals surface area (Å²) in [5.74, 6) is -0.801. The van der Waals surface area contributed by atoms with Crippen molar-refractivity contribution in [2.45, 2.75) is 19.0 Å². The number of hydrogen-bond acceptors (Lipinski definition) is 3. The number of carbonyl (C=O) groups is 1. The van der Waals surface area contributed by atoms with Crippen molar-refractivity contribution in [3.8, 4) is 0 Å². The van der Waals surface area contributed by atoms with Crippen molar-refractivity contribution in [2.75, 3.05) is 6.54 Å². The van der Waals surface area contributed by atoms with E-state index < -0.39 is 12.0 Å². The fourth-order valence-electron chi connectivity index (χ4n) is 2.85. The average Bonchev–Trinajstić information content (AvgIpc) is 2.46. The van der Waals surface area contributed by atoms with Gasteiger partial charge in [-0.2, -0.15) is 0 Å². The first-order valence-corrected chi connectivity index (χ1v) is 7.58. The van der Waals surface area contributed by atoms with Crippen LogP contribution in [0.15, 0.2) is 47.2 Å². The van der Waals surface area contributed by atoms with Crippen molar-refractivity contribution in [1.29, 1.82) is 0 Å². The molecule has 3 rings (SSSR count). The van der Waals surface area contributed by atoms with E-state index in [-0.39, 0.29) is 0 Å². The zero-order chi connectivity index (χ0) is 14.8. The topological polar surface area (TPSA) is 53.4 Å². The lowest BCUT2D eigenvalue weighted by molar-refractivity contribution is -0.144. The Morgan fingerprint density at radius 1 is 1.38 bits per heavy atom. The van der Waals surface area contributed by atoms with Crippen LogP contribution in [0.1, 0.15) is 22.7 Å². The van der Waals surface area contributed by atoms with E-state index in [2.05, 4.69) is 20.9 Å². The van der Waals surface area contributed by atoms with Crippen LogP contribution < -0.4 is 0 Å². The molecule has 0 saturated carbocycles. The van der Waals surface area contributed by atoms with E-state index >= 15 is 0 Å². The maximum atomic E-state index is 11.7. The molecule has 5 heteroatoms. The first-order valence-electron chi connectivity index (χ1n) is 6.79. The number of benzene rings is 1. The second kappa shape index (κ2) is 5.95. The Bertz CT molecular complexity index is 675. The molecule has 2 aromatic rings. The molecule has 0 radical (unpaired) electrons. The van der Waals surface area contributed by atoms with Crippen LogP contribution in [0.4, 0.5) is 0 Å². The van der Waals surface area contributed by atoms with Gasteiger partial charge in [-0.15, -0.1) is 0 Å². The molecule has 1 aromatic carbocycles. The number of carboxylic acids is 1. The highest BCUT2D eigenvalue weighted by Crippen LogP contribution is 2.31. The maximum absolute atomic E-state index is 11.7. The van der Waals surface area contributed by atoms with Crippen molar-refractivity contribution >= 4 is 21.9 Å². The van der Waals surface area contributed by atoms with E-state index in [1.54, 1.807) is 12.4 Å². The lowest BCUT2D eigenvalue weighted by atomic mass is 9.92. The van der Waals surface area contributed by atoms with Gasteiger partial charge in [-0.3, -0.25) is 14.7 Å². The van der Waals surface area contributed by atoms with Crippen LogP contribution in [0.3, 0.4) is 0 Å². The molecule has 0 saturated heterocycles. The summed E-state index contributed by atoms with van der Waals surface area (Å²) in [6, 6.07) is 9.19. The number of pyridine rings is 1. The van der Waals surface area contributed by atoms with E-state index in [1.807, 2.05) is 35.2 Å². The number of aromatic nitrogens is 1. The molecule has 0 aliphatic carbocycles. The largest absolute Gasteiger partial charge is 0.480 e. The Labute approximate surface area is 131 Å². The highest BCUT2D eigenvalue weighted by molar-refractivity contribution is 9.10. The number of rotatable bonds is 3. The smallest absolute Gasteiger partial charge is 0.325 e. The molecular formula is C16H15BrN2O2. The molecule has 4 nitrogen and oxygen atoms in total. The number of halogens is 1. The maximum Gasteiger partial charge on any atom is 0.325 e. The minimum atomic E-state index is -0.801. The highest BCUT2D eigenvalue weighted by Gasteiger charge is 2.32. The molecular weight excluding hydrogens is 332 g/mol. The molecule has 1 aromatic heterocycles. The number of hydrogen-bond donors (Lipinski definition) is 1. The Balaban J connectivity index is 1.91. The van der Waals surface area contributed by atoms with Gasteiger partial charge in [0.15, 0.2) is 0 Å². The highest BCUT2D eigenvalue weighted by atomic mass is 79.9. The summed E-state index contributed by atoms with van der Waals surface area (Å²) < 4.78 is 0.907. The predicted octanol–water partition coefficient (Wildman–Crippen LogP) is 3.03. The van der Waals surface area contributed by atoms with Crippen molar-refractivity contribution in [2.24, 2.45) is 0 Å². The Morgan fingerprint density at radius 3 is 2.95 bits per heavy atom. The van der Waals surface area contributed by atoms with Crippen molar-refractivity contribution in [3.05, 3.63) is 63.9 Å². The van der Waals surface area contributed by atoms with Crippen LogP contribution in [0.5, 0.6) is 0 Å². The van der Waals surface area contributed by atoms with Crippen molar-refractivity contribution < 1.29 is 9.90 Å². The molecule has 0 bridgehead atoms. The van der Waals surface area contributed by atoms with Gasteiger partial charge in [-0.25, -0.2) is 0 Å². The molecule has 2 heterocycles. The van der Waals surface area contributed by atoms with Gasteiger partial charge in [0.05, 0.1) is 0 Å². The SMILES string of the molecule is O=C(O)C1c2ccccc2CCN1Cc1cncc(Br)c1. The first-order chi connectivity index (χ1) is 10.1. The zero-order valence-corrected chi connectivity index (χ0v) is 13.0. The van der Waals surface area contributed by atoms with Crippen LogP contribution >= 0.6 is 15.9 Å². The summed E-state index contributed by atoms with van der Waals surface area (Å²) in [6.45, 7) is 1.32. The molecule has 1 unspecified atom stereocenters. The molecule has 21 heavy (non-hydrogen) atoms. The summed E-state index contributed by atoms with van der Waals surface area (Å²) in [6.07, 6.45) is 4.38. The summed E-state index contributed by atoms with van der Waals surface area (Å²) >= 11 is 3.40. The van der Waals surface area contributed by atoms with Gasteiger partial charge in [0.2, 0.25) is 0 Å². The van der Waals surface area contributed by atoms with E-state index in [0.717, 1.165) is 34.1 Å². The molecule has 1 aliphatic rings. The van der Waals surface area contributed by atoms with E-state index in [1.165, 1.54) is 0 Å². The minimum absolute atomic E-state index is 0.581. The Morgan fingerprint density at radius 2 is 2.19 bits per heavy atom. The average molecular weight is 347 g/mol. The van der Waals surface area contributed by atoms with Crippen LogP contribution in [-0.2, 0) is 17.8 Å². The van der Waals surface area contributed by atoms with Gasteiger partial charge in [-0.1, -0.05) is 24.3 Å². The summed E-state index contributed by atoms with van der Waals surface area (Å²) in [5, 5.41) is 9.62. The normalized spacial score (nSPS) is 18.2. The number of nitrogens with zero attached hydrogens (tertiary/aromatic N) is 2. The second-order valence-corrected chi connectivity index (χ2v) is 6.09. The quantitative estimate of drug-likeness (QED) is 0.927. The fraction of sp³-hybridized carbons (Fsp3) is 0.250. The van der Waals surface area contributed by atoms with Crippen molar-refractivity contribution in [1.82, 2.24) is 9.88 Å². The van der Waals surface area contributed by atoms with E-state index in [0.29, 0.717) is 6.54 Å². The lowest BCUT2D eigenvalue weighted by Crippen LogP contribution is -2.39. The van der Waals surface area contributed by atoms with Gasteiger partial charge < -0.3 is 5.11 Å². The van der Waals surface area contributed by atoms with Crippen LogP contribution in [0, 0.1) is 0 Å². The third-order valence-corrected chi connectivity index (χ3v) is 4.20. The predicted molar refractivity (Wildman–Crippen MR) is 82.9 cm³/mol. The third kappa shape index (κ3) is 2.99. The monoisotopic (exact) mass is 346 g/mol. The Kier molecular flexibility index (Phi) is 4.03. The second-order valence-electron chi connectivity index (χ2n) is 5.17.